The minimum Gasteiger partial charge on any atom is -0.398 e. The van der Waals surface area contributed by atoms with E-state index in [0.29, 0.717) is 48.7 Å². The molecule has 1 aromatic rings. The van der Waals surface area contributed by atoms with Gasteiger partial charge in [0.1, 0.15) is 11.9 Å². The van der Waals surface area contributed by atoms with Crippen LogP contribution in [0.25, 0.3) is 5.70 Å². The number of carbonyl (C=O) groups excluding carboxylic acids is 2. The molecule has 8 nitrogen and oxygen atoms in total. The predicted octanol–water partition coefficient (Wildman–Crippen LogP) is 2.26. The molecule has 33 heavy (non-hydrogen) atoms. The van der Waals surface area contributed by atoms with Gasteiger partial charge in [-0.3, -0.25) is 4.79 Å². The molecule has 3 rings (SSSR count). The zero-order valence-corrected chi connectivity index (χ0v) is 19.9. The number of urea groups is 1. The normalized spacial score (nSPS) is 21.6. The molecule has 1 atom stereocenters. The van der Waals surface area contributed by atoms with Crippen molar-refractivity contribution in [3.05, 3.63) is 41.2 Å². The highest BCUT2D eigenvalue weighted by molar-refractivity contribution is 6.11. The average molecular weight is 460 g/mol. The van der Waals surface area contributed by atoms with Crippen molar-refractivity contribution in [1.82, 2.24) is 15.1 Å². The van der Waals surface area contributed by atoms with Crippen LogP contribution in [-0.2, 0) is 9.53 Å². The lowest BCUT2D eigenvalue weighted by Crippen LogP contribution is -2.58. The van der Waals surface area contributed by atoms with E-state index in [9.17, 15) is 14.0 Å². The van der Waals surface area contributed by atoms with Gasteiger partial charge in [-0.1, -0.05) is 20.8 Å². The molecule has 2 aliphatic rings. The van der Waals surface area contributed by atoms with Gasteiger partial charge in [-0.05, 0) is 42.3 Å². The Morgan fingerprint density at radius 3 is 2.39 bits per heavy atom. The van der Waals surface area contributed by atoms with E-state index in [4.69, 9.17) is 10.5 Å². The van der Waals surface area contributed by atoms with Crippen molar-refractivity contribution >= 4 is 23.3 Å². The maximum atomic E-state index is 13.3. The number of ether oxygens (including phenoxy) is 1. The summed E-state index contributed by atoms with van der Waals surface area (Å²) in [5, 5.41) is 2.83. The fourth-order valence-electron chi connectivity index (χ4n) is 3.87. The Morgan fingerprint density at radius 2 is 1.79 bits per heavy atom. The lowest BCUT2D eigenvalue weighted by atomic mass is 9.85. The van der Waals surface area contributed by atoms with Crippen LogP contribution in [-0.4, -0.2) is 79.9 Å². The van der Waals surface area contributed by atoms with Crippen LogP contribution in [0.1, 0.15) is 32.8 Å². The first-order chi connectivity index (χ1) is 15.6. The van der Waals surface area contributed by atoms with Crippen LogP contribution in [0.15, 0.2) is 34.8 Å². The summed E-state index contributed by atoms with van der Waals surface area (Å²) >= 11 is 0. The van der Waals surface area contributed by atoms with Crippen molar-refractivity contribution in [2.75, 3.05) is 46.4 Å². The fourth-order valence-corrected chi connectivity index (χ4v) is 3.87. The van der Waals surface area contributed by atoms with Crippen LogP contribution in [0.2, 0.25) is 0 Å². The molecule has 3 amide bonds. The third-order valence-electron chi connectivity index (χ3n) is 5.99. The second-order valence-corrected chi connectivity index (χ2v) is 9.64. The highest BCUT2D eigenvalue weighted by atomic mass is 19.1. The molecular weight excluding hydrogens is 425 g/mol. The summed E-state index contributed by atoms with van der Waals surface area (Å²) in [6.07, 6.45) is 0.414. The van der Waals surface area contributed by atoms with Crippen LogP contribution in [0.5, 0.6) is 0 Å². The molecule has 9 heteroatoms. The number of halogens is 1. The Morgan fingerprint density at radius 1 is 1.15 bits per heavy atom. The molecule has 0 aliphatic carbocycles. The molecular formula is C24H34FN5O3. The van der Waals surface area contributed by atoms with Gasteiger partial charge in [0.2, 0.25) is 5.91 Å². The van der Waals surface area contributed by atoms with Crippen molar-refractivity contribution in [3.63, 3.8) is 0 Å². The first kappa shape index (κ1) is 24.9. The monoisotopic (exact) mass is 459 g/mol. The number of nitrogens with zero attached hydrogens (tertiary/aromatic N) is 3. The first-order valence-electron chi connectivity index (χ1n) is 11.2. The molecule has 3 N–H and O–H groups in total. The Bertz CT molecular complexity index is 928. The number of likely N-dealkylation sites (N-methyl/N-ethyl adjacent to an activating group) is 1. The second-order valence-electron chi connectivity index (χ2n) is 9.64. The molecule has 2 saturated heterocycles. The number of hydrogen-bond donors (Lipinski definition) is 2. The SMILES string of the molecule is CN1CCN(C(=O)C(NC(=O)N=C2CCOCC2=C(N)c2ccc(F)cc2)C(C)(C)C)CC1. The average Bonchev–Trinajstić information content (AvgIpc) is 2.77. The summed E-state index contributed by atoms with van der Waals surface area (Å²) < 4.78 is 18.8. The maximum Gasteiger partial charge on any atom is 0.341 e. The van der Waals surface area contributed by atoms with E-state index in [0.717, 1.165) is 13.1 Å². The zero-order chi connectivity index (χ0) is 24.2. The summed E-state index contributed by atoms with van der Waals surface area (Å²) in [6.45, 7) is 9.25. The van der Waals surface area contributed by atoms with Crippen molar-refractivity contribution in [2.45, 2.75) is 33.2 Å². The Hall–Kier alpha value is -2.78. The molecule has 0 saturated carbocycles. The maximum absolute atomic E-state index is 13.3. The van der Waals surface area contributed by atoms with Crippen molar-refractivity contribution in [2.24, 2.45) is 16.1 Å². The summed E-state index contributed by atoms with van der Waals surface area (Å²) in [5.74, 6) is -0.458. The van der Waals surface area contributed by atoms with Gasteiger partial charge in [-0.25, -0.2) is 9.18 Å². The number of amides is 3. The summed E-state index contributed by atoms with van der Waals surface area (Å²) in [4.78, 5) is 34.4. The Labute approximate surface area is 194 Å². The van der Waals surface area contributed by atoms with E-state index in [1.807, 2.05) is 27.8 Å². The van der Waals surface area contributed by atoms with Crippen molar-refractivity contribution in [3.8, 4) is 0 Å². The number of piperazine rings is 1. The van der Waals surface area contributed by atoms with Crippen molar-refractivity contribution < 1.29 is 18.7 Å². The molecule has 2 heterocycles. The third-order valence-corrected chi connectivity index (χ3v) is 5.99. The van der Waals surface area contributed by atoms with E-state index in [1.165, 1.54) is 12.1 Å². The molecule has 1 unspecified atom stereocenters. The van der Waals surface area contributed by atoms with E-state index in [2.05, 4.69) is 15.2 Å². The van der Waals surface area contributed by atoms with Gasteiger partial charge < -0.3 is 25.6 Å². The quantitative estimate of drug-likeness (QED) is 0.722. The number of benzene rings is 1. The molecule has 1 aromatic carbocycles. The van der Waals surface area contributed by atoms with E-state index >= 15 is 0 Å². The molecule has 0 spiro atoms. The molecule has 2 aliphatic heterocycles. The van der Waals surface area contributed by atoms with E-state index in [1.54, 1.807) is 17.0 Å². The van der Waals surface area contributed by atoms with Crippen LogP contribution in [0.3, 0.4) is 0 Å². The molecule has 0 bridgehead atoms. The molecule has 0 aromatic heterocycles. The van der Waals surface area contributed by atoms with Gasteiger partial charge in [0.15, 0.2) is 0 Å². The number of rotatable bonds is 3. The summed E-state index contributed by atoms with van der Waals surface area (Å²) in [5.41, 5.74) is 7.96. The van der Waals surface area contributed by atoms with E-state index in [-0.39, 0.29) is 18.3 Å². The fraction of sp³-hybridized carbons (Fsp3) is 0.542. The van der Waals surface area contributed by atoms with E-state index < -0.39 is 17.5 Å². The zero-order valence-electron chi connectivity index (χ0n) is 19.9. The first-order valence-corrected chi connectivity index (χ1v) is 11.2. The lowest BCUT2D eigenvalue weighted by Gasteiger charge is -2.38. The van der Waals surface area contributed by atoms with Crippen LogP contribution >= 0.6 is 0 Å². The van der Waals surface area contributed by atoms with Gasteiger partial charge >= 0.3 is 6.03 Å². The minimum atomic E-state index is -0.709. The number of carbonyl (C=O) groups is 2. The second kappa shape index (κ2) is 10.4. The van der Waals surface area contributed by atoms with Crippen LogP contribution in [0.4, 0.5) is 9.18 Å². The summed E-state index contributed by atoms with van der Waals surface area (Å²) in [7, 11) is 2.03. The highest BCUT2D eigenvalue weighted by Gasteiger charge is 2.36. The summed E-state index contributed by atoms with van der Waals surface area (Å²) in [6, 6.07) is 4.52. The molecule has 0 radical (unpaired) electrons. The standard InChI is InChI=1S/C24H34FN5O3/c1-24(2,3)21(22(31)30-12-10-29(4)11-13-30)28-23(32)27-19-9-14-33-15-18(19)20(26)16-5-7-17(25)8-6-16/h5-8,21H,9-15,26H2,1-4H3,(H,28,32). The largest absolute Gasteiger partial charge is 0.398 e. The molecule has 180 valence electrons. The van der Waals surface area contributed by atoms with Gasteiger partial charge in [-0.15, -0.1) is 0 Å². The van der Waals surface area contributed by atoms with Crippen molar-refractivity contribution in [1.29, 1.82) is 0 Å². The third kappa shape index (κ3) is 6.39. The number of nitrogens with two attached hydrogens (primary N) is 1. The predicted molar refractivity (Wildman–Crippen MR) is 126 cm³/mol. The minimum absolute atomic E-state index is 0.0993. The van der Waals surface area contributed by atoms with Crippen LogP contribution < -0.4 is 11.1 Å². The number of nitrogens with one attached hydrogen (secondary N) is 1. The van der Waals surface area contributed by atoms with Crippen LogP contribution in [0, 0.1) is 11.2 Å². The smallest absolute Gasteiger partial charge is 0.341 e. The van der Waals surface area contributed by atoms with Gasteiger partial charge in [-0.2, -0.15) is 4.99 Å². The Kier molecular flexibility index (Phi) is 7.86. The van der Waals surface area contributed by atoms with Gasteiger partial charge in [0.25, 0.3) is 0 Å². The number of hydrogen-bond acceptors (Lipinski definition) is 5. The van der Waals surface area contributed by atoms with Gasteiger partial charge in [0, 0.05) is 43.9 Å². The highest BCUT2D eigenvalue weighted by Crippen LogP contribution is 2.23. The number of aliphatic imine (C=N–C) groups is 1. The molecule has 2 fully saturated rings. The lowest BCUT2D eigenvalue weighted by molar-refractivity contribution is -0.137. The topological polar surface area (TPSA) is 100 Å². The Balaban J connectivity index is 1.81. The van der Waals surface area contributed by atoms with Gasteiger partial charge in [0.05, 0.1) is 18.9 Å².